The number of aromatic nitrogens is 3. The molecule has 13 unspecified atom stereocenters. The summed E-state index contributed by atoms with van der Waals surface area (Å²) in [5.41, 5.74) is 4.14. The summed E-state index contributed by atoms with van der Waals surface area (Å²) < 4.78 is 11.5. The number of hydrogen-bond donors (Lipinski definition) is 4. The van der Waals surface area contributed by atoms with Crippen molar-refractivity contribution in [3.05, 3.63) is 119 Å². The van der Waals surface area contributed by atoms with E-state index in [1.54, 1.807) is 51.7 Å². The van der Waals surface area contributed by atoms with Gasteiger partial charge in [-0.1, -0.05) is 205 Å². The van der Waals surface area contributed by atoms with Crippen molar-refractivity contribution in [3.63, 3.8) is 0 Å². The van der Waals surface area contributed by atoms with E-state index >= 15 is 0 Å². The van der Waals surface area contributed by atoms with Crippen LogP contribution in [-0.2, 0) is 45.1 Å². The van der Waals surface area contributed by atoms with E-state index in [1.807, 2.05) is 109 Å². The summed E-state index contributed by atoms with van der Waals surface area (Å²) in [6, 6.07) is 16.8. The Morgan fingerprint density at radius 2 is 1.08 bits per heavy atom. The first-order valence-electron chi connectivity index (χ1n) is 40.8. The van der Waals surface area contributed by atoms with Crippen LogP contribution in [0.15, 0.2) is 102 Å². The topological polar surface area (TPSA) is 207 Å². The van der Waals surface area contributed by atoms with E-state index in [9.17, 15) is 34.2 Å². The highest BCUT2D eigenvalue weighted by Gasteiger charge is 2.45. The number of aliphatic hydroxyl groups excluding tert-OH is 2. The lowest BCUT2D eigenvalue weighted by atomic mass is 9.73. The summed E-state index contributed by atoms with van der Waals surface area (Å²) in [6.07, 6.45) is 45.0. The van der Waals surface area contributed by atoms with Crippen molar-refractivity contribution in [1.29, 1.82) is 0 Å². The van der Waals surface area contributed by atoms with Crippen molar-refractivity contribution in [1.82, 2.24) is 25.6 Å². The first kappa shape index (κ1) is 105. The van der Waals surface area contributed by atoms with E-state index in [0.29, 0.717) is 13.8 Å². The molecule has 5 rings (SSSR count). The lowest BCUT2D eigenvalue weighted by molar-refractivity contribution is -0.143. The number of alkyl halides is 1. The molecule has 13 atom stereocenters. The number of aliphatic hydroxyl groups is 2. The zero-order chi connectivity index (χ0) is 80.4. The van der Waals surface area contributed by atoms with Crippen LogP contribution in [0.3, 0.4) is 0 Å². The number of Topliss-reactive ketones (excluding diaryl/α,β-unsaturated/α-hetero) is 3. The molecule has 2 amide bonds. The SMILES string of the molecule is C/C1=C/C(/C(C)=C/c2ccccn2)NC(=O)CC(O)C(C)(C)C(=O)C(C)C(O)C(C)CCC1.CC(=O)C1/C=C(/C)CCCC(C)C(OPP)C(C)C(=O)C(C)(C)C(OP)CC(=O)N1.CCCCC[P+](CCCCC)(CCCCC)Cc1ccccn1.CCCCP(CCCC)CCCC.ClCc1ccccn1.[Cl-].[HH].[HH].[HH].[HH].[HH]. The Morgan fingerprint density at radius 1 is 0.639 bits per heavy atom. The number of halogens is 2. The van der Waals surface area contributed by atoms with Gasteiger partial charge in [-0.25, -0.2) is 0 Å². The third kappa shape index (κ3) is 42.5. The molecule has 0 saturated heterocycles. The van der Waals surface area contributed by atoms with Crippen molar-refractivity contribution in [3.8, 4) is 0 Å². The van der Waals surface area contributed by atoms with E-state index in [2.05, 4.69) is 111 Å². The van der Waals surface area contributed by atoms with Crippen molar-refractivity contribution in [2.75, 3.05) is 37.0 Å². The number of amides is 2. The minimum absolute atomic E-state index is 0. The lowest BCUT2D eigenvalue weighted by Gasteiger charge is -2.37. The van der Waals surface area contributed by atoms with Gasteiger partial charge in [0.25, 0.3) is 0 Å². The predicted molar refractivity (Wildman–Crippen MR) is 479 cm³/mol. The minimum atomic E-state index is -1.16. The quantitative estimate of drug-likeness (QED) is 0.0213. The van der Waals surface area contributed by atoms with Crippen molar-refractivity contribution >= 4 is 88.9 Å². The summed E-state index contributed by atoms with van der Waals surface area (Å²) in [5.74, 6) is -1.29. The van der Waals surface area contributed by atoms with Crippen molar-refractivity contribution in [2.24, 2.45) is 34.5 Å². The van der Waals surface area contributed by atoms with Gasteiger partial charge in [0.15, 0.2) is 5.78 Å². The molecule has 5 heterocycles. The molecule has 0 bridgehead atoms. The fourth-order valence-electron chi connectivity index (χ4n) is 13.9. The first-order valence-corrected chi connectivity index (χ1v) is 49.0. The van der Waals surface area contributed by atoms with E-state index in [4.69, 9.17) is 20.6 Å². The molecule has 21 heteroatoms. The van der Waals surface area contributed by atoms with Gasteiger partial charge in [-0.3, -0.25) is 38.9 Å². The standard InChI is InChI=1S/C27H40N2O4.C21H38NO5P3.C21H39NP.C12H27P.C6H6ClN.ClH.5H2/c1-17-10-9-11-18(2)25(32)20(4)26(33)27(5,6)23(30)16-24(31)29-22(14-17)19(3)15-21-12-7-8-13-28-21;1-12-8-7-9-13(2)19(27-30-29)14(3)20(25)21(5,6)17(26-28)11-18(24)22-16(10-12)15(4)23;1-4-7-12-17-23(18-13-8-5-2,19-14-9-6-3)20-21-15-10-11-16-22-21;1-4-7-10-13(11-8-5-2)12-9-6-3;7-5-6-3-1-2-4-8-6;;;;;;/h7-8,12-15,18,20,22-23,25,30,32H,9-11,16H2,1-6H3,(H,29,31);10,13-14,16-17,19,30H,7-9,11,28-29H2,1-6H3,(H,22,24);10-11,15-16H,4-9,12-14,17-20H2,1-3H3;4-12H2,1-3H3;1-4H,5H2;6*1H/q;;+1;;;;;;;;/p-1/b17-14-,19-15+;12-10-;;;;;;;;;. The van der Waals surface area contributed by atoms with Crippen LogP contribution in [0.25, 0.3) is 6.08 Å². The average Bonchev–Trinajstić information content (AvgIpc) is 1.42. The van der Waals surface area contributed by atoms with Crippen molar-refractivity contribution in [2.45, 2.75) is 321 Å². The summed E-state index contributed by atoms with van der Waals surface area (Å²) in [6.45, 7) is 36.0. The maximum atomic E-state index is 13.5. The zero-order valence-corrected chi connectivity index (χ0v) is 76.9. The molecule has 626 valence electrons. The second-order valence-electron chi connectivity index (χ2n) is 31.6. The number of nitrogens with one attached hydrogen (secondary N) is 2. The second kappa shape index (κ2) is 60.7. The smallest absolute Gasteiger partial charge is 0.223 e. The van der Waals surface area contributed by atoms with Crippen LogP contribution in [0.4, 0.5) is 0 Å². The largest absolute Gasteiger partial charge is 1.00 e. The number of unbranched alkanes of at least 4 members (excludes halogenated alkanes) is 9. The molecular formula is C87H160Cl2N5O9P5. The number of pyridine rings is 3. The number of rotatable bonds is 30. The van der Waals surface area contributed by atoms with Gasteiger partial charge >= 0.3 is 0 Å². The Morgan fingerprint density at radius 3 is 1.51 bits per heavy atom. The highest BCUT2D eigenvalue weighted by atomic mass is 35.5. The maximum absolute atomic E-state index is 13.5. The number of carbonyl (C=O) groups excluding carboxylic acids is 5. The zero-order valence-electron chi connectivity index (χ0n) is 70.3. The van der Waals surface area contributed by atoms with Gasteiger partial charge in [-0.2, -0.15) is 0 Å². The van der Waals surface area contributed by atoms with Crippen molar-refractivity contribution < 1.29 is 62.8 Å². The third-order valence-electron chi connectivity index (χ3n) is 21.3. The molecule has 0 aromatic carbocycles. The van der Waals surface area contributed by atoms with Gasteiger partial charge < -0.3 is 42.3 Å². The van der Waals surface area contributed by atoms with Crippen LogP contribution in [0.2, 0.25) is 0 Å². The molecule has 0 radical (unpaired) electrons. The van der Waals surface area contributed by atoms with Crippen LogP contribution in [0.1, 0.15) is 297 Å². The number of hydrogen-bond acceptors (Lipinski definition) is 12. The van der Waals surface area contributed by atoms with Gasteiger partial charge in [0.1, 0.15) is 23.8 Å². The van der Waals surface area contributed by atoms with Gasteiger partial charge in [0, 0.05) is 62.8 Å². The minimum Gasteiger partial charge on any atom is -1.00 e. The fraction of sp³-hybridized carbons (Fsp3) is 0.701. The normalized spacial score (nSPS) is 23.8. The predicted octanol–water partition coefficient (Wildman–Crippen LogP) is 20.6. The van der Waals surface area contributed by atoms with Gasteiger partial charge in [-0.05, 0) is 183 Å². The summed E-state index contributed by atoms with van der Waals surface area (Å²) in [7, 11) is 4.53. The fourth-order valence-corrected chi connectivity index (χ4v) is 23.2. The molecule has 2 aliphatic rings. The van der Waals surface area contributed by atoms with E-state index < -0.39 is 48.4 Å². The van der Waals surface area contributed by atoms with E-state index in [-0.39, 0.29) is 99.9 Å². The number of nitrogens with zero attached hydrogens (tertiary/aromatic N) is 3. The van der Waals surface area contributed by atoms with Gasteiger partial charge in [-0.15, -0.1) is 19.5 Å². The molecule has 4 N–H and O–H groups in total. The molecule has 0 spiro atoms. The number of ketones is 3. The highest BCUT2D eigenvalue weighted by Crippen LogP contribution is 2.63. The molecule has 0 aliphatic carbocycles. The molecule has 0 fully saturated rings. The first-order chi connectivity index (χ1) is 50.9. The molecule has 2 aliphatic heterocycles. The maximum Gasteiger partial charge on any atom is 0.223 e. The second-order valence-corrected chi connectivity index (χ2v) is 40.3. The summed E-state index contributed by atoms with van der Waals surface area (Å²) >= 11 is 5.46. The van der Waals surface area contributed by atoms with Crippen LogP contribution in [-0.4, -0.2) is 128 Å². The summed E-state index contributed by atoms with van der Waals surface area (Å²) in [4.78, 5) is 77.2. The van der Waals surface area contributed by atoms with E-state index in [0.717, 1.165) is 66.6 Å². The number of carbonyl (C=O) groups is 5. The molecule has 3 aromatic heterocycles. The summed E-state index contributed by atoms with van der Waals surface area (Å²) in [5, 5.41) is 27.4. The highest BCUT2D eigenvalue weighted by molar-refractivity contribution is 8.00. The Balaban J connectivity index is -0.000000331. The molecule has 0 saturated carbocycles. The Hall–Kier alpha value is -2.81. The van der Waals surface area contributed by atoms with Gasteiger partial charge in [0.2, 0.25) is 11.8 Å². The van der Waals surface area contributed by atoms with Crippen LogP contribution in [0.5, 0.6) is 0 Å². The van der Waals surface area contributed by atoms with Crippen LogP contribution < -0.4 is 23.0 Å². The Labute approximate surface area is 684 Å². The lowest BCUT2D eigenvalue weighted by Crippen LogP contribution is -3.00. The van der Waals surface area contributed by atoms with Gasteiger partial charge in [0.05, 0.1) is 95.6 Å². The van der Waals surface area contributed by atoms with E-state index in [1.165, 1.54) is 134 Å². The third-order valence-corrected chi connectivity index (χ3v) is 30.3. The average molecular weight is 1650 g/mol. The molecule has 108 heavy (non-hydrogen) atoms. The monoisotopic (exact) mass is 1640 g/mol. The molecular weight excluding hydrogens is 1480 g/mol. The molecule has 14 nitrogen and oxygen atoms in total. The Bertz CT molecular complexity index is 2970. The molecule has 3 aromatic rings. The number of allylic oxidation sites excluding steroid dienone is 2. The van der Waals surface area contributed by atoms with Crippen LogP contribution >= 0.6 is 53.7 Å². The van der Waals surface area contributed by atoms with Crippen LogP contribution in [0, 0.1) is 34.5 Å². The Kier molecular flexibility index (Phi) is 59.1.